The van der Waals surface area contributed by atoms with Gasteiger partial charge in [-0.25, -0.2) is 8.42 Å². The highest BCUT2D eigenvalue weighted by Gasteiger charge is 2.24. The van der Waals surface area contributed by atoms with Gasteiger partial charge in [-0.15, -0.1) is 0 Å². The average Bonchev–Trinajstić information content (AvgIpc) is 2.30. The van der Waals surface area contributed by atoms with Crippen LogP contribution < -0.4 is 5.73 Å². The predicted molar refractivity (Wildman–Crippen MR) is 75.6 cm³/mol. The summed E-state index contributed by atoms with van der Waals surface area (Å²) < 4.78 is 24.5. The molecule has 0 aliphatic carbocycles. The molecule has 0 saturated carbocycles. The van der Waals surface area contributed by atoms with Crippen molar-refractivity contribution < 1.29 is 13.2 Å². The first-order chi connectivity index (χ1) is 8.66. The van der Waals surface area contributed by atoms with Crippen molar-refractivity contribution in [3.63, 3.8) is 0 Å². The Balaban J connectivity index is 3.06. The van der Waals surface area contributed by atoms with Gasteiger partial charge in [0.15, 0.2) is 9.84 Å². The van der Waals surface area contributed by atoms with Crippen LogP contribution >= 0.6 is 0 Å². The van der Waals surface area contributed by atoms with Gasteiger partial charge in [0, 0.05) is 18.8 Å². The van der Waals surface area contributed by atoms with E-state index in [1.165, 1.54) is 11.0 Å². The maximum Gasteiger partial charge on any atom is 0.238 e. The Hall–Kier alpha value is -1.56. The Kier molecular flexibility index (Phi) is 4.57. The summed E-state index contributed by atoms with van der Waals surface area (Å²) in [6.07, 6.45) is 0. The van der Waals surface area contributed by atoms with E-state index in [1.807, 2.05) is 13.8 Å². The molecule has 1 rings (SSSR count). The van der Waals surface area contributed by atoms with Crippen molar-refractivity contribution in [2.75, 3.05) is 18.5 Å². The fourth-order valence-corrected chi connectivity index (χ4v) is 3.15. The number of sulfone groups is 1. The number of hydrogen-bond donors (Lipinski definition) is 1. The highest BCUT2D eigenvalue weighted by atomic mass is 32.2. The Labute approximate surface area is 114 Å². The first-order valence-corrected chi connectivity index (χ1v) is 7.65. The third-order valence-electron chi connectivity index (χ3n) is 3.14. The molecule has 0 aliphatic rings. The number of carbonyl (C=O) groups excluding carboxylic acids is 1. The Morgan fingerprint density at radius 2 is 1.95 bits per heavy atom. The molecule has 1 aromatic carbocycles. The van der Waals surface area contributed by atoms with E-state index in [-0.39, 0.29) is 10.9 Å². The number of nitrogens with zero attached hydrogens (tertiary/aromatic N) is 1. The van der Waals surface area contributed by atoms with Crippen LogP contribution in [-0.4, -0.2) is 38.1 Å². The van der Waals surface area contributed by atoms with Gasteiger partial charge in [-0.1, -0.05) is 6.07 Å². The second-order valence-corrected chi connectivity index (χ2v) is 6.79. The molecule has 0 heterocycles. The van der Waals surface area contributed by atoms with Crippen LogP contribution in [0.4, 0.5) is 5.69 Å². The molecule has 0 bridgehead atoms. The van der Waals surface area contributed by atoms with E-state index in [1.54, 1.807) is 26.1 Å². The van der Waals surface area contributed by atoms with Gasteiger partial charge >= 0.3 is 0 Å². The molecular weight excluding hydrogens is 264 g/mol. The molecule has 0 unspecified atom stereocenters. The monoisotopic (exact) mass is 284 g/mol. The number of hydrogen-bond acceptors (Lipinski definition) is 4. The first kappa shape index (κ1) is 15.5. The van der Waals surface area contributed by atoms with Crippen LogP contribution in [0.5, 0.6) is 0 Å². The zero-order chi connectivity index (χ0) is 14.8. The van der Waals surface area contributed by atoms with E-state index >= 15 is 0 Å². The van der Waals surface area contributed by atoms with Crippen LogP contribution in [0.25, 0.3) is 0 Å². The van der Waals surface area contributed by atoms with Crippen LogP contribution in [0.15, 0.2) is 23.1 Å². The summed E-state index contributed by atoms with van der Waals surface area (Å²) in [6, 6.07) is 4.65. The van der Waals surface area contributed by atoms with Crippen molar-refractivity contribution in [3.8, 4) is 0 Å². The number of nitrogen functional groups attached to an aromatic ring is 1. The van der Waals surface area contributed by atoms with Crippen LogP contribution in [0.2, 0.25) is 0 Å². The second-order valence-electron chi connectivity index (χ2n) is 4.83. The van der Waals surface area contributed by atoms with Crippen molar-refractivity contribution in [1.82, 2.24) is 4.90 Å². The molecule has 1 aromatic rings. The SMILES string of the molecule is Cc1c(N)cccc1S(=O)(=O)CC(=O)N(C)C(C)C. The lowest BCUT2D eigenvalue weighted by Crippen LogP contribution is -2.37. The van der Waals surface area contributed by atoms with Crippen molar-refractivity contribution >= 4 is 21.4 Å². The molecule has 6 heteroatoms. The zero-order valence-corrected chi connectivity index (χ0v) is 12.5. The predicted octanol–water partition coefficient (Wildman–Crippen LogP) is 1.22. The fourth-order valence-electron chi connectivity index (χ4n) is 1.60. The summed E-state index contributed by atoms with van der Waals surface area (Å²) in [5, 5.41) is 0. The smallest absolute Gasteiger partial charge is 0.238 e. The van der Waals surface area contributed by atoms with Crippen LogP contribution in [0.1, 0.15) is 19.4 Å². The third-order valence-corrected chi connectivity index (χ3v) is 4.88. The van der Waals surface area contributed by atoms with Crippen molar-refractivity contribution in [3.05, 3.63) is 23.8 Å². The van der Waals surface area contributed by atoms with Gasteiger partial charge in [-0.2, -0.15) is 0 Å². The molecule has 106 valence electrons. The van der Waals surface area contributed by atoms with Gasteiger partial charge in [-0.3, -0.25) is 4.79 Å². The van der Waals surface area contributed by atoms with E-state index in [0.717, 1.165) is 0 Å². The highest BCUT2D eigenvalue weighted by molar-refractivity contribution is 7.92. The minimum Gasteiger partial charge on any atom is -0.398 e. The molecular formula is C13H20N2O3S. The van der Waals surface area contributed by atoms with E-state index in [2.05, 4.69) is 0 Å². The molecule has 0 spiro atoms. The largest absolute Gasteiger partial charge is 0.398 e. The Bertz CT molecular complexity index is 580. The Morgan fingerprint density at radius 1 is 1.37 bits per heavy atom. The number of benzene rings is 1. The van der Waals surface area contributed by atoms with E-state index in [0.29, 0.717) is 11.3 Å². The topological polar surface area (TPSA) is 80.5 Å². The van der Waals surface area contributed by atoms with Gasteiger partial charge in [0.1, 0.15) is 5.75 Å². The minimum atomic E-state index is -3.66. The maximum absolute atomic E-state index is 12.2. The number of carbonyl (C=O) groups is 1. The van der Waals surface area contributed by atoms with E-state index < -0.39 is 21.5 Å². The average molecular weight is 284 g/mol. The van der Waals surface area contributed by atoms with Crippen LogP contribution in [-0.2, 0) is 14.6 Å². The first-order valence-electron chi connectivity index (χ1n) is 6.00. The van der Waals surface area contributed by atoms with Crippen molar-refractivity contribution in [2.45, 2.75) is 31.7 Å². The maximum atomic E-state index is 12.2. The molecule has 0 atom stereocenters. The van der Waals surface area contributed by atoms with Gasteiger partial charge in [-0.05, 0) is 38.5 Å². The van der Waals surface area contributed by atoms with E-state index in [4.69, 9.17) is 5.73 Å². The third kappa shape index (κ3) is 3.47. The van der Waals surface area contributed by atoms with E-state index in [9.17, 15) is 13.2 Å². The van der Waals surface area contributed by atoms with Gasteiger partial charge < -0.3 is 10.6 Å². The summed E-state index contributed by atoms with van der Waals surface area (Å²) in [4.78, 5) is 13.4. The summed E-state index contributed by atoms with van der Waals surface area (Å²) >= 11 is 0. The number of anilines is 1. The standard InChI is InChI=1S/C13H20N2O3S/c1-9(2)15(4)13(16)8-19(17,18)12-7-5-6-11(14)10(12)3/h5-7,9H,8,14H2,1-4H3. The molecule has 0 radical (unpaired) electrons. The van der Waals surface area contributed by atoms with Gasteiger partial charge in [0.2, 0.25) is 5.91 Å². The molecule has 0 aromatic heterocycles. The number of amides is 1. The lowest BCUT2D eigenvalue weighted by atomic mass is 10.2. The lowest BCUT2D eigenvalue weighted by molar-refractivity contribution is -0.128. The summed E-state index contributed by atoms with van der Waals surface area (Å²) in [5.74, 6) is -0.955. The lowest BCUT2D eigenvalue weighted by Gasteiger charge is -2.21. The van der Waals surface area contributed by atoms with Crippen LogP contribution in [0.3, 0.4) is 0 Å². The van der Waals surface area contributed by atoms with Crippen molar-refractivity contribution in [1.29, 1.82) is 0 Å². The molecule has 5 nitrogen and oxygen atoms in total. The normalized spacial score (nSPS) is 11.6. The zero-order valence-electron chi connectivity index (χ0n) is 11.7. The molecule has 0 fully saturated rings. The van der Waals surface area contributed by atoms with Crippen LogP contribution in [0, 0.1) is 6.92 Å². The minimum absolute atomic E-state index is 0.0374. The molecule has 0 aliphatic heterocycles. The van der Waals surface area contributed by atoms with Crippen molar-refractivity contribution in [2.24, 2.45) is 0 Å². The highest BCUT2D eigenvalue weighted by Crippen LogP contribution is 2.21. The molecule has 2 N–H and O–H groups in total. The Morgan fingerprint density at radius 3 is 2.47 bits per heavy atom. The molecule has 0 saturated heterocycles. The number of nitrogens with two attached hydrogens (primary N) is 1. The van der Waals surface area contributed by atoms with Gasteiger partial charge in [0.25, 0.3) is 0 Å². The fraction of sp³-hybridized carbons (Fsp3) is 0.462. The molecule has 1 amide bonds. The summed E-state index contributed by atoms with van der Waals surface area (Å²) in [6.45, 7) is 5.30. The summed E-state index contributed by atoms with van der Waals surface area (Å²) in [5.41, 5.74) is 6.59. The molecule has 19 heavy (non-hydrogen) atoms. The number of rotatable bonds is 4. The quantitative estimate of drug-likeness (QED) is 0.843. The second kappa shape index (κ2) is 5.61. The summed E-state index contributed by atoms with van der Waals surface area (Å²) in [7, 11) is -2.07. The van der Waals surface area contributed by atoms with Gasteiger partial charge in [0.05, 0.1) is 4.90 Å².